The van der Waals surface area contributed by atoms with Gasteiger partial charge in [-0.3, -0.25) is 9.69 Å². The van der Waals surface area contributed by atoms with Crippen molar-refractivity contribution in [1.29, 1.82) is 0 Å². The zero-order chi connectivity index (χ0) is 19.3. The fourth-order valence-corrected chi connectivity index (χ4v) is 3.25. The second-order valence-electron chi connectivity index (χ2n) is 6.45. The SMILES string of the molecule is CCN(CC)C(CNC(=O)C1CC(O)CN1)c1ccc(C(F)(F)F)cc1. The van der Waals surface area contributed by atoms with E-state index < -0.39 is 23.9 Å². The summed E-state index contributed by atoms with van der Waals surface area (Å²) in [5.41, 5.74) is 0.0362. The third kappa shape index (κ3) is 5.18. The van der Waals surface area contributed by atoms with Crippen LogP contribution in [0, 0.1) is 0 Å². The van der Waals surface area contributed by atoms with Crippen LogP contribution in [-0.4, -0.2) is 54.2 Å². The Balaban J connectivity index is 2.09. The third-order valence-corrected chi connectivity index (χ3v) is 4.77. The second kappa shape index (κ2) is 8.83. The van der Waals surface area contributed by atoms with Gasteiger partial charge in [-0.2, -0.15) is 13.2 Å². The standard InChI is InChI=1S/C18H26F3N3O2/c1-3-24(4-2)16(11-23-17(26)15-9-14(25)10-22-15)12-5-7-13(8-6-12)18(19,20)21/h5-8,14-16,22,25H,3-4,9-11H2,1-2H3,(H,23,26). The van der Waals surface area contributed by atoms with Crippen LogP contribution in [0.2, 0.25) is 0 Å². The van der Waals surface area contributed by atoms with Crippen LogP contribution in [-0.2, 0) is 11.0 Å². The summed E-state index contributed by atoms with van der Waals surface area (Å²) in [6.45, 7) is 6.03. The van der Waals surface area contributed by atoms with Crippen molar-refractivity contribution in [2.45, 2.75) is 44.6 Å². The molecule has 0 radical (unpaired) electrons. The average Bonchev–Trinajstić information content (AvgIpc) is 3.04. The number of carbonyl (C=O) groups excluding carboxylic acids is 1. The number of nitrogens with zero attached hydrogens (tertiary/aromatic N) is 1. The molecule has 1 amide bonds. The molecule has 0 bridgehead atoms. The van der Waals surface area contributed by atoms with E-state index in [4.69, 9.17) is 0 Å². The van der Waals surface area contributed by atoms with Gasteiger partial charge >= 0.3 is 6.18 Å². The van der Waals surface area contributed by atoms with Crippen molar-refractivity contribution in [3.05, 3.63) is 35.4 Å². The van der Waals surface area contributed by atoms with E-state index >= 15 is 0 Å². The lowest BCUT2D eigenvalue weighted by Crippen LogP contribution is -2.44. The summed E-state index contributed by atoms with van der Waals surface area (Å²) in [6, 6.07) is 4.42. The van der Waals surface area contributed by atoms with E-state index in [1.807, 2.05) is 13.8 Å². The molecule has 0 aromatic heterocycles. The van der Waals surface area contributed by atoms with E-state index in [0.29, 0.717) is 32.6 Å². The van der Waals surface area contributed by atoms with Gasteiger partial charge in [0.15, 0.2) is 0 Å². The summed E-state index contributed by atoms with van der Waals surface area (Å²) in [5.74, 6) is -0.203. The van der Waals surface area contributed by atoms with Crippen molar-refractivity contribution in [1.82, 2.24) is 15.5 Å². The van der Waals surface area contributed by atoms with Gasteiger partial charge in [0, 0.05) is 13.1 Å². The van der Waals surface area contributed by atoms with Crippen molar-refractivity contribution >= 4 is 5.91 Å². The Hall–Kier alpha value is -1.64. The summed E-state index contributed by atoms with van der Waals surface area (Å²) >= 11 is 0. The van der Waals surface area contributed by atoms with E-state index in [0.717, 1.165) is 17.7 Å². The Labute approximate surface area is 151 Å². The minimum atomic E-state index is -4.37. The van der Waals surface area contributed by atoms with Crippen LogP contribution in [0.15, 0.2) is 24.3 Å². The lowest BCUT2D eigenvalue weighted by atomic mass is 10.0. The van der Waals surface area contributed by atoms with Gasteiger partial charge in [0.2, 0.25) is 5.91 Å². The number of alkyl halides is 3. The maximum Gasteiger partial charge on any atom is 0.416 e. The molecule has 8 heteroatoms. The second-order valence-corrected chi connectivity index (χ2v) is 6.45. The third-order valence-electron chi connectivity index (χ3n) is 4.77. The van der Waals surface area contributed by atoms with Gasteiger partial charge in [-0.1, -0.05) is 26.0 Å². The molecule has 3 unspecified atom stereocenters. The first kappa shape index (κ1) is 20.7. The summed E-state index contributed by atoms with van der Waals surface area (Å²) in [7, 11) is 0. The van der Waals surface area contributed by atoms with Crippen LogP contribution in [0.5, 0.6) is 0 Å². The van der Waals surface area contributed by atoms with Crippen LogP contribution in [0.25, 0.3) is 0 Å². The number of β-amino-alcohol motifs (C(OH)–C–C–N with tert-alkyl or cyclic N) is 1. The van der Waals surface area contributed by atoms with Gasteiger partial charge in [0.05, 0.1) is 23.8 Å². The van der Waals surface area contributed by atoms with Crippen molar-refractivity contribution in [2.75, 3.05) is 26.2 Å². The summed E-state index contributed by atoms with van der Waals surface area (Å²) in [5, 5.41) is 15.3. The maximum atomic E-state index is 12.8. The zero-order valence-electron chi connectivity index (χ0n) is 15.0. The molecule has 146 valence electrons. The molecular weight excluding hydrogens is 347 g/mol. The molecule has 1 heterocycles. The number of benzene rings is 1. The monoisotopic (exact) mass is 373 g/mol. The van der Waals surface area contributed by atoms with Gasteiger partial charge < -0.3 is 15.7 Å². The van der Waals surface area contributed by atoms with E-state index in [2.05, 4.69) is 15.5 Å². The maximum absolute atomic E-state index is 12.8. The number of amides is 1. The van der Waals surface area contributed by atoms with E-state index in [9.17, 15) is 23.1 Å². The molecule has 3 atom stereocenters. The smallest absolute Gasteiger partial charge is 0.392 e. The predicted molar refractivity (Wildman–Crippen MR) is 92.5 cm³/mol. The highest BCUT2D eigenvalue weighted by Crippen LogP contribution is 2.30. The van der Waals surface area contributed by atoms with Crippen LogP contribution < -0.4 is 10.6 Å². The highest BCUT2D eigenvalue weighted by Gasteiger charge is 2.31. The molecule has 0 aliphatic carbocycles. The van der Waals surface area contributed by atoms with Crippen LogP contribution in [0.3, 0.4) is 0 Å². The number of nitrogens with one attached hydrogen (secondary N) is 2. The topological polar surface area (TPSA) is 64.6 Å². The van der Waals surface area contributed by atoms with E-state index in [1.165, 1.54) is 12.1 Å². The first-order chi connectivity index (χ1) is 12.3. The molecule has 26 heavy (non-hydrogen) atoms. The molecule has 3 N–H and O–H groups in total. The van der Waals surface area contributed by atoms with Crippen molar-refractivity contribution in [2.24, 2.45) is 0 Å². The zero-order valence-corrected chi connectivity index (χ0v) is 15.0. The number of likely N-dealkylation sites (N-methyl/N-ethyl adjacent to an activating group) is 1. The summed E-state index contributed by atoms with van der Waals surface area (Å²) in [4.78, 5) is 14.3. The average molecular weight is 373 g/mol. The number of aliphatic hydroxyl groups excluding tert-OH is 1. The number of rotatable bonds is 7. The molecule has 1 fully saturated rings. The minimum Gasteiger partial charge on any atom is -0.392 e. The molecular formula is C18H26F3N3O2. The number of hydrogen-bond donors (Lipinski definition) is 3. The number of aliphatic hydroxyl groups is 1. The first-order valence-corrected chi connectivity index (χ1v) is 8.86. The molecule has 5 nitrogen and oxygen atoms in total. The largest absolute Gasteiger partial charge is 0.416 e. The quantitative estimate of drug-likeness (QED) is 0.683. The molecule has 1 aromatic rings. The number of halogens is 3. The highest BCUT2D eigenvalue weighted by atomic mass is 19.4. The Morgan fingerprint density at radius 2 is 1.92 bits per heavy atom. The summed E-state index contributed by atoms with van der Waals surface area (Å²) in [6.07, 6.45) is -4.53. The highest BCUT2D eigenvalue weighted by molar-refractivity contribution is 5.82. The molecule has 1 aliphatic rings. The molecule has 1 saturated heterocycles. The predicted octanol–water partition coefficient (Wildman–Crippen LogP) is 1.93. The Morgan fingerprint density at radius 1 is 1.31 bits per heavy atom. The Kier molecular flexibility index (Phi) is 7.02. The minimum absolute atomic E-state index is 0.203. The van der Waals surface area contributed by atoms with Crippen molar-refractivity contribution < 1.29 is 23.1 Å². The summed E-state index contributed by atoms with van der Waals surface area (Å²) < 4.78 is 38.3. The lowest BCUT2D eigenvalue weighted by Gasteiger charge is -2.31. The van der Waals surface area contributed by atoms with Gasteiger partial charge in [-0.05, 0) is 37.2 Å². The van der Waals surface area contributed by atoms with Gasteiger partial charge in [-0.25, -0.2) is 0 Å². The molecule has 1 aliphatic heterocycles. The molecule has 0 saturated carbocycles. The van der Waals surface area contributed by atoms with Gasteiger partial charge in [-0.15, -0.1) is 0 Å². The fraction of sp³-hybridized carbons (Fsp3) is 0.611. The molecule has 2 rings (SSSR count). The van der Waals surface area contributed by atoms with Crippen molar-refractivity contribution in [3.63, 3.8) is 0 Å². The van der Waals surface area contributed by atoms with E-state index in [1.54, 1.807) is 0 Å². The first-order valence-electron chi connectivity index (χ1n) is 8.86. The number of carbonyl (C=O) groups is 1. The fourth-order valence-electron chi connectivity index (χ4n) is 3.25. The lowest BCUT2D eigenvalue weighted by molar-refractivity contribution is -0.137. The number of hydrogen-bond acceptors (Lipinski definition) is 4. The van der Waals surface area contributed by atoms with Crippen molar-refractivity contribution in [3.8, 4) is 0 Å². The van der Waals surface area contributed by atoms with Gasteiger partial charge in [0.1, 0.15) is 0 Å². The molecule has 1 aromatic carbocycles. The van der Waals surface area contributed by atoms with Crippen LogP contribution in [0.4, 0.5) is 13.2 Å². The van der Waals surface area contributed by atoms with E-state index in [-0.39, 0.29) is 11.9 Å². The normalized spacial score (nSPS) is 21.8. The van der Waals surface area contributed by atoms with Crippen LogP contribution >= 0.6 is 0 Å². The van der Waals surface area contributed by atoms with Gasteiger partial charge in [0.25, 0.3) is 0 Å². The van der Waals surface area contributed by atoms with Crippen LogP contribution in [0.1, 0.15) is 37.4 Å². The molecule has 0 spiro atoms. The Morgan fingerprint density at radius 3 is 2.38 bits per heavy atom. The Bertz CT molecular complexity index is 588.